The van der Waals surface area contributed by atoms with Crippen molar-refractivity contribution in [1.29, 1.82) is 0 Å². The van der Waals surface area contributed by atoms with E-state index in [-0.39, 0.29) is 5.56 Å². The van der Waals surface area contributed by atoms with Crippen molar-refractivity contribution in [3.05, 3.63) is 94.6 Å². The highest BCUT2D eigenvalue weighted by atomic mass is 16.5. The molecule has 0 fully saturated rings. The van der Waals surface area contributed by atoms with E-state index in [0.717, 1.165) is 50.5 Å². The van der Waals surface area contributed by atoms with E-state index in [4.69, 9.17) is 20.9 Å². The number of nitrogens with two attached hydrogens (primary N) is 2. The van der Waals surface area contributed by atoms with Crippen LogP contribution in [0.4, 0.5) is 11.4 Å². The van der Waals surface area contributed by atoms with Gasteiger partial charge in [0, 0.05) is 17.5 Å². The molecule has 0 heterocycles. The fourth-order valence-corrected chi connectivity index (χ4v) is 4.72. The molecule has 43 heavy (non-hydrogen) atoms. The summed E-state index contributed by atoms with van der Waals surface area (Å²) in [6, 6.07) is 17.5. The van der Waals surface area contributed by atoms with Crippen LogP contribution in [0, 0.1) is 0 Å². The Morgan fingerprint density at radius 3 is 2.19 bits per heavy atom. The molecule has 0 aliphatic heterocycles. The number of rotatable bonds is 17. The van der Waals surface area contributed by atoms with Crippen LogP contribution >= 0.6 is 0 Å². The van der Waals surface area contributed by atoms with Gasteiger partial charge in [-0.05, 0) is 91.3 Å². The zero-order valence-electron chi connectivity index (χ0n) is 24.8. The molecule has 0 aliphatic rings. The van der Waals surface area contributed by atoms with E-state index in [2.05, 4.69) is 6.92 Å². The monoisotopic (exact) mass is 586 g/mol. The number of anilines is 2. The number of unbranched alkanes of at least 4 members (excludes halogenated alkanes) is 6. The maximum atomic E-state index is 12.4. The fourth-order valence-electron chi connectivity index (χ4n) is 4.72. The average Bonchev–Trinajstić information content (AvgIpc) is 2.99. The first-order valence-corrected chi connectivity index (χ1v) is 14.9. The molecule has 0 spiro atoms. The highest BCUT2D eigenvalue weighted by Gasteiger charge is 2.14. The first-order valence-electron chi connectivity index (χ1n) is 14.9. The second-order valence-electron chi connectivity index (χ2n) is 10.6. The Morgan fingerprint density at radius 2 is 1.49 bits per heavy atom. The van der Waals surface area contributed by atoms with Gasteiger partial charge in [-0.15, -0.1) is 0 Å². The van der Waals surface area contributed by atoms with Crippen molar-refractivity contribution in [3.63, 3.8) is 0 Å². The molecule has 0 atom stereocenters. The summed E-state index contributed by atoms with van der Waals surface area (Å²) in [7, 11) is 0. The van der Waals surface area contributed by atoms with Gasteiger partial charge in [0.1, 0.15) is 5.75 Å². The first-order chi connectivity index (χ1) is 20.8. The van der Waals surface area contributed by atoms with Crippen LogP contribution < -0.4 is 16.2 Å². The number of nitrogen functional groups attached to an aromatic ring is 2. The number of hydrogen-bond donors (Lipinski definition) is 3. The van der Waals surface area contributed by atoms with Gasteiger partial charge in [-0.1, -0.05) is 63.3 Å². The van der Waals surface area contributed by atoms with Crippen LogP contribution in [0.1, 0.15) is 95.7 Å². The van der Waals surface area contributed by atoms with Gasteiger partial charge in [-0.2, -0.15) is 0 Å². The third-order valence-electron chi connectivity index (χ3n) is 7.11. The number of aryl methyl sites for hydroxylation is 1. The van der Waals surface area contributed by atoms with Gasteiger partial charge in [0.2, 0.25) is 0 Å². The van der Waals surface area contributed by atoms with Crippen molar-refractivity contribution in [2.24, 2.45) is 0 Å². The summed E-state index contributed by atoms with van der Waals surface area (Å²) in [4.78, 5) is 36.1. The van der Waals surface area contributed by atoms with Gasteiger partial charge in [0.15, 0.2) is 0 Å². The molecule has 0 amide bonds. The molecule has 3 aromatic rings. The van der Waals surface area contributed by atoms with Crippen LogP contribution in [0.3, 0.4) is 0 Å². The lowest BCUT2D eigenvalue weighted by Crippen LogP contribution is -2.08. The number of carbonyl (C=O) groups is 3. The number of aromatic carboxylic acids is 1. The summed E-state index contributed by atoms with van der Waals surface area (Å²) < 4.78 is 10.8. The molecule has 0 saturated heterocycles. The van der Waals surface area contributed by atoms with Crippen molar-refractivity contribution < 1.29 is 29.0 Å². The Hall–Kier alpha value is -4.59. The van der Waals surface area contributed by atoms with Gasteiger partial charge in [0.25, 0.3) is 0 Å². The molecule has 0 unspecified atom stereocenters. The summed E-state index contributed by atoms with van der Waals surface area (Å²) in [6.07, 6.45) is 12.4. The molecule has 3 aromatic carbocycles. The first kappa shape index (κ1) is 32.9. The number of esters is 2. The molecule has 228 valence electrons. The number of carboxylic acid groups (broad SMARTS) is 1. The Balaban J connectivity index is 1.32. The predicted octanol–water partition coefficient (Wildman–Crippen LogP) is 7.25. The van der Waals surface area contributed by atoms with Crippen molar-refractivity contribution in [1.82, 2.24) is 0 Å². The lowest BCUT2D eigenvalue weighted by atomic mass is 9.98. The topological polar surface area (TPSA) is 142 Å². The normalized spacial score (nSPS) is 11.0. The Labute approximate surface area is 253 Å². The third-order valence-corrected chi connectivity index (χ3v) is 7.11. The number of carbonyl (C=O) groups excluding carboxylic acids is 2. The second-order valence-corrected chi connectivity index (χ2v) is 10.6. The second kappa shape index (κ2) is 17.4. The van der Waals surface area contributed by atoms with Gasteiger partial charge in [-0.3, -0.25) is 0 Å². The van der Waals surface area contributed by atoms with Crippen molar-refractivity contribution in [2.75, 3.05) is 18.1 Å². The summed E-state index contributed by atoms with van der Waals surface area (Å²) in [5.74, 6) is -1.39. The lowest BCUT2D eigenvalue weighted by Gasteiger charge is -2.11. The lowest BCUT2D eigenvalue weighted by molar-refractivity contribution is -0.128. The van der Waals surface area contributed by atoms with E-state index >= 15 is 0 Å². The van der Waals surface area contributed by atoms with Crippen LogP contribution in [0.15, 0.2) is 66.7 Å². The molecule has 0 aliphatic carbocycles. The summed E-state index contributed by atoms with van der Waals surface area (Å²) in [5, 5.41) is 9.40. The predicted molar refractivity (Wildman–Crippen MR) is 170 cm³/mol. The SMILES string of the molecule is CCCCCc1ccc(OC(=O)/C=C/c2ccc(C(=O)OCCCCCCCc3c(N)cc(N)cc3C(=O)O)cc2)cc1. The van der Waals surface area contributed by atoms with Gasteiger partial charge in [-0.25, -0.2) is 14.4 Å². The zero-order valence-corrected chi connectivity index (χ0v) is 24.8. The quantitative estimate of drug-likeness (QED) is 0.0493. The Morgan fingerprint density at radius 1 is 0.814 bits per heavy atom. The largest absolute Gasteiger partial charge is 0.478 e. The Kier molecular flexibility index (Phi) is 13.3. The molecule has 8 nitrogen and oxygen atoms in total. The minimum atomic E-state index is -1.03. The van der Waals surface area contributed by atoms with Crippen LogP contribution in [-0.4, -0.2) is 29.6 Å². The van der Waals surface area contributed by atoms with Crippen LogP contribution in [0.5, 0.6) is 5.75 Å². The zero-order chi connectivity index (χ0) is 31.0. The smallest absolute Gasteiger partial charge is 0.338 e. The average molecular weight is 587 g/mol. The highest BCUT2D eigenvalue weighted by molar-refractivity contribution is 5.93. The van der Waals surface area contributed by atoms with Gasteiger partial charge < -0.3 is 26.0 Å². The molecule has 0 bridgehead atoms. The summed E-state index contributed by atoms with van der Waals surface area (Å²) in [5.41, 5.74) is 15.7. The summed E-state index contributed by atoms with van der Waals surface area (Å²) in [6.45, 7) is 2.50. The van der Waals surface area contributed by atoms with Crippen LogP contribution in [0.2, 0.25) is 0 Å². The molecular weight excluding hydrogens is 544 g/mol. The third kappa shape index (κ3) is 11.3. The molecular formula is C35H42N2O6. The maximum absolute atomic E-state index is 12.4. The molecule has 0 radical (unpaired) electrons. The van der Waals surface area contributed by atoms with E-state index < -0.39 is 17.9 Å². The minimum absolute atomic E-state index is 0.158. The van der Waals surface area contributed by atoms with Gasteiger partial charge in [0.05, 0.1) is 17.7 Å². The van der Waals surface area contributed by atoms with Crippen molar-refractivity contribution in [3.8, 4) is 5.75 Å². The minimum Gasteiger partial charge on any atom is -0.478 e. The van der Waals surface area contributed by atoms with E-state index in [1.165, 1.54) is 30.5 Å². The summed E-state index contributed by atoms with van der Waals surface area (Å²) >= 11 is 0. The molecule has 3 rings (SSSR count). The molecule has 5 N–H and O–H groups in total. The molecule has 0 aromatic heterocycles. The van der Waals surface area contributed by atoms with Crippen molar-refractivity contribution in [2.45, 2.75) is 71.1 Å². The van der Waals surface area contributed by atoms with E-state index in [1.807, 2.05) is 24.3 Å². The van der Waals surface area contributed by atoms with E-state index in [9.17, 15) is 19.5 Å². The van der Waals surface area contributed by atoms with Gasteiger partial charge >= 0.3 is 17.9 Å². The number of ether oxygens (including phenoxy) is 2. The standard InChI is InChI=1S/C35H42N2O6/c1-2-3-7-10-25-14-19-29(20-15-25)43-33(38)21-16-26-12-17-27(18-13-26)35(41)42-22-9-6-4-5-8-11-30-31(34(39)40)23-28(36)24-32(30)37/h12-21,23-24H,2-11,22,36-37H2,1H3,(H,39,40)/b21-16+. The van der Waals surface area contributed by atoms with Crippen LogP contribution in [-0.2, 0) is 22.4 Å². The number of hydrogen-bond acceptors (Lipinski definition) is 7. The maximum Gasteiger partial charge on any atom is 0.338 e. The number of carboxylic acids is 1. The van der Waals surface area contributed by atoms with E-state index in [0.29, 0.717) is 41.3 Å². The Bertz CT molecular complexity index is 1380. The fraction of sp³-hybridized carbons (Fsp3) is 0.343. The molecule has 8 heteroatoms. The van der Waals surface area contributed by atoms with Crippen molar-refractivity contribution >= 4 is 35.4 Å². The van der Waals surface area contributed by atoms with E-state index in [1.54, 1.807) is 36.4 Å². The number of benzene rings is 3. The molecule has 0 saturated carbocycles. The van der Waals surface area contributed by atoms with Crippen LogP contribution in [0.25, 0.3) is 6.08 Å². The highest BCUT2D eigenvalue weighted by Crippen LogP contribution is 2.24.